The third-order valence-electron chi connectivity index (χ3n) is 3.41. The lowest BCUT2D eigenvalue weighted by atomic mass is 10.2. The van der Waals surface area contributed by atoms with Crippen molar-refractivity contribution in [2.24, 2.45) is 4.99 Å². The fourth-order valence-electron chi connectivity index (χ4n) is 2.19. The quantitative estimate of drug-likeness (QED) is 0.253. The van der Waals surface area contributed by atoms with Gasteiger partial charge in [-0.3, -0.25) is 4.57 Å². The van der Waals surface area contributed by atoms with Gasteiger partial charge in [0.2, 0.25) is 0 Å². The van der Waals surface area contributed by atoms with Crippen LogP contribution in [-0.4, -0.2) is 45.6 Å². The van der Waals surface area contributed by atoms with Gasteiger partial charge < -0.3 is 10.6 Å². The summed E-state index contributed by atoms with van der Waals surface area (Å²) in [6, 6.07) is 4.03. The van der Waals surface area contributed by atoms with E-state index >= 15 is 0 Å². The van der Waals surface area contributed by atoms with Crippen molar-refractivity contribution < 1.29 is 0 Å². The van der Waals surface area contributed by atoms with E-state index in [1.165, 1.54) is 12.2 Å². The lowest BCUT2D eigenvalue weighted by molar-refractivity contribution is 0.734. The zero-order chi connectivity index (χ0) is 17.0. The number of nitrogens with one attached hydrogen (secondary N) is 2. The first-order chi connectivity index (χ1) is 11.8. The highest BCUT2D eigenvalue weighted by Crippen LogP contribution is 2.08. The smallest absolute Gasteiger partial charge is 0.191 e. The molecular formula is C17H27IN6S. The van der Waals surface area contributed by atoms with E-state index < -0.39 is 0 Å². The molecule has 0 saturated carbocycles. The summed E-state index contributed by atoms with van der Waals surface area (Å²) in [7, 11) is 0. The summed E-state index contributed by atoms with van der Waals surface area (Å²) in [5.41, 5.74) is 1.12. The zero-order valence-electron chi connectivity index (χ0n) is 14.8. The summed E-state index contributed by atoms with van der Waals surface area (Å²) in [5, 5.41) is 6.68. The Morgan fingerprint density at radius 3 is 2.88 bits per heavy atom. The zero-order valence-corrected chi connectivity index (χ0v) is 18.0. The van der Waals surface area contributed by atoms with Crippen molar-refractivity contribution in [3.63, 3.8) is 0 Å². The molecule has 0 radical (unpaired) electrons. The van der Waals surface area contributed by atoms with Gasteiger partial charge in [-0.05, 0) is 49.5 Å². The highest BCUT2D eigenvalue weighted by atomic mass is 127. The number of aromatic nitrogens is 3. The van der Waals surface area contributed by atoms with Gasteiger partial charge in [0.15, 0.2) is 5.96 Å². The normalized spacial score (nSPS) is 11.0. The van der Waals surface area contributed by atoms with Crippen LogP contribution in [0, 0.1) is 0 Å². The van der Waals surface area contributed by atoms with Crippen LogP contribution in [0.4, 0.5) is 0 Å². The number of rotatable bonds is 9. The van der Waals surface area contributed by atoms with Crippen molar-refractivity contribution in [3.05, 3.63) is 42.6 Å². The van der Waals surface area contributed by atoms with Crippen LogP contribution in [0.1, 0.15) is 25.3 Å². The molecule has 0 amide bonds. The van der Waals surface area contributed by atoms with Crippen LogP contribution in [0.15, 0.2) is 42.0 Å². The van der Waals surface area contributed by atoms with Gasteiger partial charge in [-0.1, -0.05) is 0 Å². The molecule has 0 aliphatic heterocycles. The lowest BCUT2D eigenvalue weighted by Gasteiger charge is -2.11. The van der Waals surface area contributed by atoms with Gasteiger partial charge in [-0.25, -0.2) is 15.0 Å². The Morgan fingerprint density at radius 1 is 1.28 bits per heavy atom. The molecule has 0 fully saturated rings. The van der Waals surface area contributed by atoms with E-state index in [0.29, 0.717) is 6.54 Å². The largest absolute Gasteiger partial charge is 0.357 e. The van der Waals surface area contributed by atoms with E-state index in [2.05, 4.69) is 38.8 Å². The summed E-state index contributed by atoms with van der Waals surface area (Å²) in [4.78, 5) is 13.1. The molecule has 0 saturated heterocycles. The number of hydrogen-bond acceptors (Lipinski definition) is 4. The molecule has 8 heteroatoms. The molecule has 0 unspecified atom stereocenters. The molecule has 0 aromatic carbocycles. The molecule has 2 heterocycles. The fraction of sp³-hybridized carbons (Fsp3) is 0.471. The van der Waals surface area contributed by atoms with Crippen LogP contribution < -0.4 is 10.6 Å². The third-order valence-corrected chi connectivity index (χ3v) is 4.11. The van der Waals surface area contributed by atoms with Gasteiger partial charge in [0.25, 0.3) is 0 Å². The number of imidazole rings is 1. The molecule has 2 N–H and O–H groups in total. The summed E-state index contributed by atoms with van der Waals surface area (Å²) in [6.07, 6.45) is 11.7. The Morgan fingerprint density at radius 2 is 2.16 bits per heavy atom. The van der Waals surface area contributed by atoms with E-state index in [1.54, 1.807) is 12.5 Å². The Balaban J connectivity index is 0.00000312. The highest BCUT2D eigenvalue weighted by molar-refractivity contribution is 14.0. The maximum absolute atomic E-state index is 4.66. The Kier molecular flexibility index (Phi) is 11.3. The van der Waals surface area contributed by atoms with Crippen molar-refractivity contribution in [2.45, 2.75) is 26.3 Å². The molecule has 25 heavy (non-hydrogen) atoms. The maximum Gasteiger partial charge on any atom is 0.191 e. The van der Waals surface area contributed by atoms with Crippen LogP contribution in [0.3, 0.4) is 0 Å². The minimum absolute atomic E-state index is 0. The number of unbranched alkanes of at least 4 members (excludes halogenated alkanes) is 1. The molecule has 2 aromatic heterocycles. The summed E-state index contributed by atoms with van der Waals surface area (Å²) >= 11 is 1.89. The molecule has 2 rings (SSSR count). The van der Waals surface area contributed by atoms with Crippen molar-refractivity contribution in [1.82, 2.24) is 25.2 Å². The Hall–Kier alpha value is -1.29. The minimum Gasteiger partial charge on any atom is -0.357 e. The van der Waals surface area contributed by atoms with Crippen LogP contribution in [-0.2, 0) is 6.54 Å². The summed E-state index contributed by atoms with van der Waals surface area (Å²) in [6.45, 7) is 4.50. The van der Waals surface area contributed by atoms with E-state index in [9.17, 15) is 0 Å². The predicted octanol–water partition coefficient (Wildman–Crippen LogP) is 3.08. The highest BCUT2D eigenvalue weighted by Gasteiger charge is 2.01. The van der Waals surface area contributed by atoms with E-state index in [4.69, 9.17) is 0 Å². The van der Waals surface area contributed by atoms with Crippen LogP contribution in [0.5, 0.6) is 0 Å². The van der Waals surface area contributed by atoms with Crippen LogP contribution in [0.2, 0.25) is 0 Å². The van der Waals surface area contributed by atoms with Crippen molar-refractivity contribution >= 4 is 41.7 Å². The van der Waals surface area contributed by atoms with Gasteiger partial charge in [0.05, 0.1) is 6.54 Å². The number of halogens is 1. The molecule has 0 aliphatic carbocycles. The second-order valence-electron chi connectivity index (χ2n) is 5.31. The Labute approximate surface area is 171 Å². The molecule has 138 valence electrons. The lowest BCUT2D eigenvalue weighted by Crippen LogP contribution is -2.37. The molecule has 2 aromatic rings. The number of guanidine groups is 1. The van der Waals surface area contributed by atoms with Crippen LogP contribution >= 0.6 is 35.7 Å². The second kappa shape index (κ2) is 13.0. The second-order valence-corrected chi connectivity index (χ2v) is 6.30. The number of hydrogen-bond donors (Lipinski definition) is 2. The topological polar surface area (TPSA) is 67.1 Å². The molecule has 6 nitrogen and oxygen atoms in total. The fourth-order valence-corrected chi connectivity index (χ4v) is 2.68. The van der Waals surface area contributed by atoms with E-state index in [-0.39, 0.29) is 24.0 Å². The first kappa shape index (κ1) is 21.8. The molecule has 0 atom stereocenters. The van der Waals surface area contributed by atoms with Crippen molar-refractivity contribution in [2.75, 3.05) is 25.1 Å². The van der Waals surface area contributed by atoms with Crippen molar-refractivity contribution in [1.29, 1.82) is 0 Å². The monoisotopic (exact) mass is 474 g/mol. The van der Waals surface area contributed by atoms with Gasteiger partial charge in [0, 0.05) is 31.7 Å². The van der Waals surface area contributed by atoms with E-state index in [0.717, 1.165) is 36.9 Å². The minimum atomic E-state index is 0. The van der Waals surface area contributed by atoms with Gasteiger partial charge in [-0.2, -0.15) is 11.8 Å². The first-order valence-electron chi connectivity index (χ1n) is 8.28. The van der Waals surface area contributed by atoms with Gasteiger partial charge in [-0.15, -0.1) is 24.0 Å². The molecule has 0 bridgehead atoms. The number of nitrogens with zero attached hydrogens (tertiary/aromatic N) is 4. The van der Waals surface area contributed by atoms with Crippen LogP contribution in [0.25, 0.3) is 5.82 Å². The Bertz CT molecular complexity index is 617. The summed E-state index contributed by atoms with van der Waals surface area (Å²) < 4.78 is 1.89. The SMILES string of the molecule is CCNC(=NCc1ccnc(-n2ccnc2)c1)NCCCCSC.I. The number of aliphatic imine (C=N–C) groups is 1. The molecule has 0 spiro atoms. The average Bonchev–Trinajstić information content (AvgIpc) is 3.14. The van der Waals surface area contributed by atoms with Gasteiger partial charge >= 0.3 is 0 Å². The predicted molar refractivity (Wildman–Crippen MR) is 117 cm³/mol. The first-order valence-corrected chi connectivity index (χ1v) is 9.67. The standard InChI is InChI=1S/C17H26N6S.HI/c1-3-19-17(21-7-4-5-11-24-2)22-13-15-6-8-20-16(12-15)23-10-9-18-14-23;/h6,8-10,12,14H,3-5,7,11,13H2,1-2H3,(H2,19,21,22);1H. The van der Waals surface area contributed by atoms with Crippen molar-refractivity contribution in [3.8, 4) is 5.82 Å². The average molecular weight is 474 g/mol. The maximum atomic E-state index is 4.66. The summed E-state index contributed by atoms with van der Waals surface area (Å²) in [5.74, 6) is 2.93. The van der Waals surface area contributed by atoms with Gasteiger partial charge in [0.1, 0.15) is 12.1 Å². The molecular weight excluding hydrogens is 447 g/mol. The number of thioether (sulfide) groups is 1. The number of pyridine rings is 1. The third kappa shape index (κ3) is 8.08. The van der Waals surface area contributed by atoms with E-state index in [1.807, 2.05) is 40.9 Å². The molecule has 0 aliphatic rings.